The second-order valence-electron chi connectivity index (χ2n) is 6.10. The van der Waals surface area contributed by atoms with Crippen LogP contribution in [0.1, 0.15) is 20.9 Å². The van der Waals surface area contributed by atoms with Crippen LogP contribution in [0.15, 0.2) is 47.1 Å². The minimum Gasteiger partial charge on any atom is -0.497 e. The zero-order chi connectivity index (χ0) is 18.4. The molecule has 138 valence electrons. The first kappa shape index (κ1) is 18.0. The Morgan fingerprint density at radius 1 is 1.15 bits per heavy atom. The average molecular weight is 357 g/mol. The molecule has 1 fully saturated rings. The lowest BCUT2D eigenvalue weighted by Gasteiger charge is -2.34. The van der Waals surface area contributed by atoms with Crippen LogP contribution in [-0.4, -0.2) is 68.0 Å². The van der Waals surface area contributed by atoms with E-state index < -0.39 is 0 Å². The summed E-state index contributed by atoms with van der Waals surface area (Å²) in [6.07, 6.45) is 1.51. The SMILES string of the molecule is COc1cccc(C(=O)NCCN2CCN(C(=O)c3ccco3)CC2)c1. The Kier molecular flexibility index (Phi) is 5.91. The molecule has 1 aliphatic rings. The minimum atomic E-state index is -0.115. The van der Waals surface area contributed by atoms with Gasteiger partial charge in [-0.25, -0.2) is 0 Å². The van der Waals surface area contributed by atoms with Crippen molar-refractivity contribution in [3.63, 3.8) is 0 Å². The first-order chi connectivity index (χ1) is 12.7. The van der Waals surface area contributed by atoms with Crippen molar-refractivity contribution in [2.75, 3.05) is 46.4 Å². The highest BCUT2D eigenvalue weighted by molar-refractivity contribution is 5.94. The highest BCUT2D eigenvalue weighted by Gasteiger charge is 2.23. The second-order valence-corrected chi connectivity index (χ2v) is 6.10. The van der Waals surface area contributed by atoms with Crippen LogP contribution in [0.4, 0.5) is 0 Å². The number of furan rings is 1. The van der Waals surface area contributed by atoms with E-state index in [1.165, 1.54) is 6.26 Å². The molecule has 0 aliphatic carbocycles. The van der Waals surface area contributed by atoms with E-state index in [9.17, 15) is 9.59 Å². The molecule has 0 bridgehead atoms. The molecule has 1 N–H and O–H groups in total. The first-order valence-electron chi connectivity index (χ1n) is 8.65. The normalized spacial score (nSPS) is 14.9. The predicted octanol–water partition coefficient (Wildman–Crippen LogP) is 1.48. The maximum absolute atomic E-state index is 12.2. The number of ether oxygens (including phenoxy) is 1. The van der Waals surface area contributed by atoms with Gasteiger partial charge in [-0.15, -0.1) is 0 Å². The van der Waals surface area contributed by atoms with Crippen molar-refractivity contribution in [1.82, 2.24) is 15.1 Å². The van der Waals surface area contributed by atoms with Gasteiger partial charge in [-0.3, -0.25) is 14.5 Å². The van der Waals surface area contributed by atoms with Gasteiger partial charge < -0.3 is 19.4 Å². The number of piperazine rings is 1. The topological polar surface area (TPSA) is 75.0 Å². The van der Waals surface area contributed by atoms with E-state index in [1.807, 2.05) is 0 Å². The third kappa shape index (κ3) is 4.43. The number of benzene rings is 1. The molecule has 1 saturated heterocycles. The number of nitrogens with zero attached hydrogens (tertiary/aromatic N) is 2. The van der Waals surface area contributed by atoms with Crippen molar-refractivity contribution in [3.05, 3.63) is 54.0 Å². The van der Waals surface area contributed by atoms with Crippen molar-refractivity contribution >= 4 is 11.8 Å². The van der Waals surface area contributed by atoms with Crippen molar-refractivity contribution < 1.29 is 18.7 Å². The van der Waals surface area contributed by atoms with Crippen LogP contribution in [0.25, 0.3) is 0 Å². The number of carbonyl (C=O) groups excluding carboxylic acids is 2. The van der Waals surface area contributed by atoms with Gasteiger partial charge in [0, 0.05) is 44.8 Å². The zero-order valence-corrected chi connectivity index (χ0v) is 14.8. The lowest BCUT2D eigenvalue weighted by atomic mass is 10.2. The van der Waals surface area contributed by atoms with Crippen LogP contribution in [0.2, 0.25) is 0 Å². The molecule has 2 aromatic rings. The molecule has 0 saturated carbocycles. The number of nitrogens with one attached hydrogen (secondary N) is 1. The van der Waals surface area contributed by atoms with Gasteiger partial charge in [0.2, 0.25) is 0 Å². The van der Waals surface area contributed by atoms with Crippen molar-refractivity contribution in [2.45, 2.75) is 0 Å². The molecule has 1 aromatic carbocycles. The summed E-state index contributed by atoms with van der Waals surface area (Å²) in [6, 6.07) is 10.5. The number of hydrogen-bond acceptors (Lipinski definition) is 5. The third-order valence-electron chi connectivity index (χ3n) is 4.44. The summed E-state index contributed by atoms with van der Waals surface area (Å²) in [6.45, 7) is 4.18. The van der Waals surface area contributed by atoms with E-state index in [4.69, 9.17) is 9.15 Å². The highest BCUT2D eigenvalue weighted by atomic mass is 16.5. The van der Waals surface area contributed by atoms with Gasteiger partial charge in [0.1, 0.15) is 5.75 Å². The molecule has 2 heterocycles. The summed E-state index contributed by atoms with van der Waals surface area (Å²) in [5.74, 6) is 0.857. The van der Waals surface area contributed by atoms with Crippen LogP contribution in [0.3, 0.4) is 0 Å². The summed E-state index contributed by atoms with van der Waals surface area (Å²) in [4.78, 5) is 28.4. The maximum atomic E-state index is 12.2. The molecule has 1 aromatic heterocycles. The van der Waals surface area contributed by atoms with Crippen molar-refractivity contribution in [2.24, 2.45) is 0 Å². The molecular formula is C19H23N3O4. The van der Waals surface area contributed by atoms with Gasteiger partial charge in [0.05, 0.1) is 13.4 Å². The average Bonchev–Trinajstić information content (AvgIpc) is 3.23. The monoisotopic (exact) mass is 357 g/mol. The Hall–Kier alpha value is -2.80. The number of methoxy groups -OCH3 is 1. The van der Waals surface area contributed by atoms with Gasteiger partial charge in [0.15, 0.2) is 5.76 Å². The van der Waals surface area contributed by atoms with E-state index in [-0.39, 0.29) is 11.8 Å². The van der Waals surface area contributed by atoms with Gasteiger partial charge in [-0.2, -0.15) is 0 Å². The fourth-order valence-corrected chi connectivity index (χ4v) is 2.92. The molecule has 0 unspecified atom stereocenters. The molecule has 1 aliphatic heterocycles. The van der Waals surface area contributed by atoms with Crippen LogP contribution in [0, 0.1) is 0 Å². The molecule has 3 rings (SSSR count). The van der Waals surface area contributed by atoms with Gasteiger partial charge >= 0.3 is 0 Å². The van der Waals surface area contributed by atoms with Crippen molar-refractivity contribution in [1.29, 1.82) is 0 Å². The Balaban J connectivity index is 1.40. The molecular weight excluding hydrogens is 334 g/mol. The molecule has 2 amide bonds. The van der Waals surface area contributed by atoms with E-state index in [0.717, 1.165) is 19.6 Å². The van der Waals surface area contributed by atoms with Gasteiger partial charge in [-0.05, 0) is 30.3 Å². The summed E-state index contributed by atoms with van der Waals surface area (Å²) in [7, 11) is 1.58. The molecule has 7 nitrogen and oxygen atoms in total. The van der Waals surface area contributed by atoms with E-state index in [0.29, 0.717) is 36.7 Å². The summed E-state index contributed by atoms with van der Waals surface area (Å²) >= 11 is 0. The summed E-state index contributed by atoms with van der Waals surface area (Å²) < 4.78 is 10.3. The first-order valence-corrected chi connectivity index (χ1v) is 8.65. The molecule has 0 atom stereocenters. The number of carbonyl (C=O) groups is 2. The smallest absolute Gasteiger partial charge is 0.289 e. The fraction of sp³-hybridized carbons (Fsp3) is 0.368. The molecule has 0 radical (unpaired) electrons. The fourth-order valence-electron chi connectivity index (χ4n) is 2.92. The predicted molar refractivity (Wildman–Crippen MR) is 96.4 cm³/mol. The molecule has 7 heteroatoms. The summed E-state index contributed by atoms with van der Waals surface area (Å²) in [5, 5.41) is 2.92. The Labute approximate surface area is 152 Å². The lowest BCUT2D eigenvalue weighted by molar-refractivity contribution is 0.0607. The zero-order valence-electron chi connectivity index (χ0n) is 14.8. The van der Waals surface area contributed by atoms with Crippen LogP contribution in [0.5, 0.6) is 5.75 Å². The molecule has 26 heavy (non-hydrogen) atoms. The highest BCUT2D eigenvalue weighted by Crippen LogP contribution is 2.12. The number of rotatable bonds is 6. The van der Waals surface area contributed by atoms with Crippen LogP contribution >= 0.6 is 0 Å². The van der Waals surface area contributed by atoms with Crippen LogP contribution in [-0.2, 0) is 0 Å². The van der Waals surface area contributed by atoms with E-state index in [2.05, 4.69) is 10.2 Å². The Morgan fingerprint density at radius 3 is 2.65 bits per heavy atom. The quantitative estimate of drug-likeness (QED) is 0.848. The van der Waals surface area contributed by atoms with E-state index in [1.54, 1.807) is 48.4 Å². The number of amides is 2. The van der Waals surface area contributed by atoms with Gasteiger partial charge in [-0.1, -0.05) is 6.07 Å². The van der Waals surface area contributed by atoms with E-state index >= 15 is 0 Å². The lowest BCUT2D eigenvalue weighted by Crippen LogP contribution is -2.50. The number of hydrogen-bond donors (Lipinski definition) is 1. The van der Waals surface area contributed by atoms with Gasteiger partial charge in [0.25, 0.3) is 11.8 Å². The standard InChI is InChI=1S/C19H23N3O4/c1-25-16-5-2-4-15(14-16)18(23)20-7-8-21-9-11-22(12-10-21)19(24)17-6-3-13-26-17/h2-6,13-14H,7-12H2,1H3,(H,20,23). The minimum absolute atomic E-state index is 0.0685. The van der Waals surface area contributed by atoms with Crippen LogP contribution < -0.4 is 10.1 Å². The second kappa shape index (κ2) is 8.53. The third-order valence-corrected chi connectivity index (χ3v) is 4.44. The maximum Gasteiger partial charge on any atom is 0.289 e. The van der Waals surface area contributed by atoms with Crippen molar-refractivity contribution in [3.8, 4) is 5.75 Å². The molecule has 0 spiro atoms. The summed E-state index contributed by atoms with van der Waals surface area (Å²) in [5.41, 5.74) is 0.582. The largest absolute Gasteiger partial charge is 0.497 e. The Morgan fingerprint density at radius 2 is 1.96 bits per heavy atom. The Bertz CT molecular complexity index is 737.